The highest BCUT2D eigenvalue weighted by Gasteiger charge is 2.10. The van der Waals surface area contributed by atoms with Gasteiger partial charge in [0.2, 0.25) is 0 Å². The first-order valence-corrected chi connectivity index (χ1v) is 7.97. The van der Waals surface area contributed by atoms with Crippen molar-refractivity contribution >= 4 is 17.3 Å². The van der Waals surface area contributed by atoms with E-state index in [0.717, 1.165) is 16.3 Å². The number of ether oxygens (including phenoxy) is 1. The number of phenolic OH excluding ortho intramolecular Hbond substituents is 1. The molecule has 0 bridgehead atoms. The molecule has 1 N–H and O–H groups in total. The molecule has 0 saturated carbocycles. The molecule has 0 saturated heterocycles. The van der Waals surface area contributed by atoms with Gasteiger partial charge in [0.1, 0.15) is 17.4 Å². The Morgan fingerprint density at radius 3 is 2.52 bits per heavy atom. The summed E-state index contributed by atoms with van der Waals surface area (Å²) in [7, 11) is 0. The number of thiazole rings is 1. The van der Waals surface area contributed by atoms with Crippen LogP contribution in [0.3, 0.4) is 0 Å². The Morgan fingerprint density at radius 2 is 1.83 bits per heavy atom. The molecule has 116 valence electrons. The summed E-state index contributed by atoms with van der Waals surface area (Å²) < 4.78 is 5.25. The van der Waals surface area contributed by atoms with Crippen LogP contribution in [0.5, 0.6) is 5.75 Å². The molecular formula is C18H15NO3S. The van der Waals surface area contributed by atoms with Crippen LogP contribution in [0.15, 0.2) is 53.9 Å². The maximum atomic E-state index is 11.9. The van der Waals surface area contributed by atoms with E-state index in [9.17, 15) is 9.90 Å². The van der Waals surface area contributed by atoms with Gasteiger partial charge in [0.15, 0.2) is 0 Å². The van der Waals surface area contributed by atoms with Crippen molar-refractivity contribution in [2.75, 3.05) is 0 Å². The monoisotopic (exact) mass is 325 g/mol. The number of aromatic nitrogens is 1. The van der Waals surface area contributed by atoms with Crippen LogP contribution in [0.4, 0.5) is 0 Å². The lowest BCUT2D eigenvalue weighted by Gasteiger charge is -2.03. The molecule has 0 aliphatic heterocycles. The summed E-state index contributed by atoms with van der Waals surface area (Å²) in [5.41, 5.74) is 3.37. The Hall–Kier alpha value is -2.66. The van der Waals surface area contributed by atoms with Crippen molar-refractivity contribution in [2.45, 2.75) is 13.5 Å². The highest BCUT2D eigenvalue weighted by Crippen LogP contribution is 2.24. The summed E-state index contributed by atoms with van der Waals surface area (Å²) in [6, 6.07) is 14.1. The van der Waals surface area contributed by atoms with E-state index in [-0.39, 0.29) is 12.4 Å². The number of rotatable bonds is 4. The second-order valence-corrected chi connectivity index (χ2v) is 5.99. The molecule has 0 amide bonds. The third kappa shape index (κ3) is 3.76. The summed E-state index contributed by atoms with van der Waals surface area (Å²) >= 11 is 1.52. The van der Waals surface area contributed by atoms with E-state index in [2.05, 4.69) is 4.98 Å². The largest absolute Gasteiger partial charge is 0.508 e. The van der Waals surface area contributed by atoms with Gasteiger partial charge in [-0.3, -0.25) is 0 Å². The van der Waals surface area contributed by atoms with Crippen LogP contribution < -0.4 is 0 Å². The Balaban J connectivity index is 1.64. The lowest BCUT2D eigenvalue weighted by Crippen LogP contribution is -2.05. The topological polar surface area (TPSA) is 59.4 Å². The van der Waals surface area contributed by atoms with Gasteiger partial charge in [-0.15, -0.1) is 11.3 Å². The van der Waals surface area contributed by atoms with Crippen molar-refractivity contribution < 1.29 is 14.6 Å². The smallest absolute Gasteiger partial charge is 0.338 e. The predicted octanol–water partition coefficient (Wildman–Crippen LogP) is 4.18. The quantitative estimate of drug-likeness (QED) is 0.731. The summed E-state index contributed by atoms with van der Waals surface area (Å²) in [6.45, 7) is 2.17. The van der Waals surface area contributed by atoms with Gasteiger partial charge in [-0.2, -0.15) is 0 Å². The van der Waals surface area contributed by atoms with Gasteiger partial charge in [0.05, 0.1) is 11.3 Å². The molecule has 23 heavy (non-hydrogen) atoms. The zero-order valence-electron chi connectivity index (χ0n) is 12.5. The minimum absolute atomic E-state index is 0.115. The van der Waals surface area contributed by atoms with Gasteiger partial charge < -0.3 is 9.84 Å². The van der Waals surface area contributed by atoms with Crippen molar-refractivity contribution in [2.24, 2.45) is 0 Å². The minimum atomic E-state index is -0.435. The Bertz CT molecular complexity index is 807. The number of esters is 1. The van der Waals surface area contributed by atoms with Gasteiger partial charge in [0, 0.05) is 10.9 Å². The average molecular weight is 325 g/mol. The average Bonchev–Trinajstić information content (AvgIpc) is 3.03. The Kier molecular flexibility index (Phi) is 4.39. The Labute approximate surface area is 138 Å². The fraction of sp³-hybridized carbons (Fsp3) is 0.111. The van der Waals surface area contributed by atoms with Gasteiger partial charge in [0.25, 0.3) is 0 Å². The molecule has 1 heterocycles. The number of phenols is 1. The zero-order valence-corrected chi connectivity index (χ0v) is 13.3. The molecule has 0 fully saturated rings. The third-order valence-corrected chi connectivity index (χ3v) is 4.24. The van der Waals surface area contributed by atoms with E-state index in [4.69, 9.17) is 4.74 Å². The van der Waals surface area contributed by atoms with E-state index in [0.29, 0.717) is 5.56 Å². The lowest BCUT2D eigenvalue weighted by atomic mass is 10.2. The zero-order chi connectivity index (χ0) is 16.2. The second-order valence-electron chi connectivity index (χ2n) is 5.13. The predicted molar refractivity (Wildman–Crippen MR) is 89.5 cm³/mol. The first-order chi connectivity index (χ1) is 11.1. The molecule has 3 rings (SSSR count). The van der Waals surface area contributed by atoms with Crippen LogP contribution in [0.2, 0.25) is 0 Å². The number of carbonyl (C=O) groups excluding carboxylic acids is 1. The van der Waals surface area contributed by atoms with Crippen molar-refractivity contribution in [3.63, 3.8) is 0 Å². The SMILES string of the molecule is Cc1ccc(-c2nc(COC(=O)c3ccc(O)cc3)cs2)cc1. The molecule has 0 aliphatic rings. The van der Waals surface area contributed by atoms with Gasteiger partial charge in [-0.05, 0) is 31.2 Å². The number of aromatic hydroxyl groups is 1. The van der Waals surface area contributed by atoms with Gasteiger partial charge >= 0.3 is 5.97 Å². The molecule has 0 unspecified atom stereocenters. The summed E-state index contributed by atoms with van der Waals surface area (Å²) in [6.07, 6.45) is 0. The fourth-order valence-electron chi connectivity index (χ4n) is 2.02. The number of carbonyl (C=O) groups is 1. The molecule has 0 atom stereocenters. The van der Waals surface area contributed by atoms with Crippen molar-refractivity contribution in [1.29, 1.82) is 0 Å². The molecule has 0 radical (unpaired) electrons. The third-order valence-electron chi connectivity index (χ3n) is 3.30. The second kappa shape index (κ2) is 6.62. The van der Waals surface area contributed by atoms with Crippen molar-refractivity contribution in [3.8, 4) is 16.3 Å². The standard InChI is InChI=1S/C18H15NO3S/c1-12-2-4-13(5-3-12)17-19-15(11-23-17)10-22-18(21)14-6-8-16(20)9-7-14/h2-9,11,20H,10H2,1H3. The molecule has 5 heteroatoms. The van der Waals surface area contributed by atoms with Crippen LogP contribution >= 0.6 is 11.3 Å². The van der Waals surface area contributed by atoms with E-state index in [1.807, 2.05) is 36.6 Å². The molecule has 0 aliphatic carbocycles. The maximum Gasteiger partial charge on any atom is 0.338 e. The van der Waals surface area contributed by atoms with Crippen LogP contribution in [0.25, 0.3) is 10.6 Å². The van der Waals surface area contributed by atoms with E-state index in [1.54, 1.807) is 0 Å². The first kappa shape index (κ1) is 15.2. The number of benzene rings is 2. The minimum Gasteiger partial charge on any atom is -0.508 e. The van der Waals surface area contributed by atoms with Gasteiger partial charge in [-0.25, -0.2) is 9.78 Å². The maximum absolute atomic E-state index is 11.9. The molecule has 4 nitrogen and oxygen atoms in total. The number of hydrogen-bond donors (Lipinski definition) is 1. The summed E-state index contributed by atoms with van der Waals surface area (Å²) in [5.74, 6) is -0.321. The van der Waals surface area contributed by atoms with Crippen molar-refractivity contribution in [3.05, 3.63) is 70.7 Å². The number of hydrogen-bond acceptors (Lipinski definition) is 5. The highest BCUT2D eigenvalue weighted by atomic mass is 32.1. The lowest BCUT2D eigenvalue weighted by molar-refractivity contribution is 0.0468. The summed E-state index contributed by atoms with van der Waals surface area (Å²) in [5, 5.41) is 12.0. The van der Waals surface area contributed by atoms with Crippen molar-refractivity contribution in [1.82, 2.24) is 4.98 Å². The molecule has 0 spiro atoms. The van der Waals surface area contributed by atoms with Crippen LogP contribution in [-0.2, 0) is 11.3 Å². The highest BCUT2D eigenvalue weighted by molar-refractivity contribution is 7.13. The first-order valence-electron chi connectivity index (χ1n) is 7.09. The Morgan fingerprint density at radius 1 is 1.13 bits per heavy atom. The van der Waals surface area contributed by atoms with E-state index >= 15 is 0 Å². The molecule has 1 aromatic heterocycles. The number of nitrogens with zero attached hydrogens (tertiary/aromatic N) is 1. The van der Waals surface area contributed by atoms with E-state index < -0.39 is 5.97 Å². The normalized spacial score (nSPS) is 10.5. The van der Waals surface area contributed by atoms with Crippen LogP contribution in [0.1, 0.15) is 21.6 Å². The van der Waals surface area contributed by atoms with Crippen LogP contribution in [-0.4, -0.2) is 16.1 Å². The fourth-order valence-corrected chi connectivity index (χ4v) is 2.83. The molecule has 3 aromatic rings. The summed E-state index contributed by atoms with van der Waals surface area (Å²) in [4.78, 5) is 16.4. The van der Waals surface area contributed by atoms with Gasteiger partial charge in [-0.1, -0.05) is 29.8 Å². The van der Waals surface area contributed by atoms with Crippen LogP contribution in [0, 0.1) is 6.92 Å². The van der Waals surface area contributed by atoms with E-state index in [1.165, 1.54) is 41.2 Å². The number of aryl methyl sites for hydroxylation is 1. The molecule has 2 aromatic carbocycles. The molecular weight excluding hydrogens is 310 g/mol.